The maximum Gasteiger partial charge on any atom is 0.311 e. The zero-order chi connectivity index (χ0) is 45.0. The number of aliphatic hydroxyl groups excluding tert-OH is 5. The first-order valence-corrected chi connectivity index (χ1v) is 21.8. The highest BCUT2D eigenvalue weighted by Crippen LogP contribution is 2.75. The van der Waals surface area contributed by atoms with Gasteiger partial charge < -0.3 is 49.2 Å². The third-order valence-corrected chi connectivity index (χ3v) is 17.7. The summed E-state index contributed by atoms with van der Waals surface area (Å²) in [6.45, 7) is 15.3. The lowest BCUT2D eigenvalue weighted by atomic mass is 9.33. The normalized spacial score (nSPS) is 50.4. The zero-order valence-corrected chi connectivity index (χ0v) is 36.6. The van der Waals surface area contributed by atoms with Gasteiger partial charge >= 0.3 is 5.97 Å². The van der Waals surface area contributed by atoms with Crippen LogP contribution < -0.4 is 22.5 Å². The molecule has 6 fully saturated rings. The van der Waals surface area contributed by atoms with Crippen molar-refractivity contribution in [2.24, 2.45) is 61.9 Å². The second kappa shape index (κ2) is 15.8. The molecule has 2 amide bonds. The Labute approximate surface area is 356 Å². The van der Waals surface area contributed by atoms with Gasteiger partial charge in [-0.05, 0) is 110 Å². The number of ether oxygens (including phenoxy) is 5. The summed E-state index contributed by atoms with van der Waals surface area (Å²) < 4.78 is 29.5. The van der Waals surface area contributed by atoms with E-state index in [-0.39, 0.29) is 45.8 Å². The molecular weight excluding hydrogens is 796 g/mol. The number of nitrogens with one attached hydrogen (secondary N) is 2. The van der Waals surface area contributed by atoms with E-state index in [0.717, 1.165) is 38.5 Å². The van der Waals surface area contributed by atoms with Crippen LogP contribution in [-0.4, -0.2) is 124 Å². The minimum Gasteiger partial charge on any atom is -0.469 e. The second-order valence-electron chi connectivity index (χ2n) is 21.2. The number of nitrogens with two attached hydrogens (primary N) is 2. The van der Waals surface area contributed by atoms with Crippen LogP contribution >= 0.6 is 0 Å². The third kappa shape index (κ3) is 6.93. The lowest BCUT2D eigenvalue weighted by Gasteiger charge is -2.70. The number of fused-ring (bicyclic) bond motifs is 7. The van der Waals surface area contributed by atoms with E-state index in [1.54, 1.807) is 0 Å². The average molecular weight is 865 g/mol. The fraction of sp³-hybridized carbons (Fsp3) is 0.860. The molecule has 0 aromatic rings. The van der Waals surface area contributed by atoms with Crippen LogP contribution in [0.3, 0.4) is 0 Å². The van der Waals surface area contributed by atoms with Crippen LogP contribution in [0.1, 0.15) is 106 Å². The molecule has 4 saturated carbocycles. The molecule has 0 aromatic heterocycles. The number of hydrogen-bond acceptors (Lipinski definition) is 16. The largest absolute Gasteiger partial charge is 0.469 e. The molecule has 0 bridgehead atoms. The molecular formula is C43H68N4O14. The highest BCUT2D eigenvalue weighted by molar-refractivity contribution is 5.95. The molecule has 7 aliphatic rings. The summed E-state index contributed by atoms with van der Waals surface area (Å²) in [5.74, 6) is 8.27. The van der Waals surface area contributed by atoms with Gasteiger partial charge in [-0.3, -0.25) is 30.0 Å². The van der Waals surface area contributed by atoms with Crippen molar-refractivity contribution in [3.8, 4) is 0 Å². The van der Waals surface area contributed by atoms with Crippen molar-refractivity contribution in [3.05, 3.63) is 11.6 Å². The lowest BCUT2D eigenvalue weighted by Crippen LogP contribution is -2.68. The maximum absolute atomic E-state index is 15.0. The van der Waals surface area contributed by atoms with Crippen molar-refractivity contribution in [3.63, 3.8) is 0 Å². The number of methoxy groups -OCH3 is 1. The highest BCUT2D eigenvalue weighted by Gasteiger charge is 2.71. The molecule has 19 atom stereocenters. The molecule has 61 heavy (non-hydrogen) atoms. The van der Waals surface area contributed by atoms with Gasteiger partial charge in [0.2, 0.25) is 0 Å². The molecule has 0 spiro atoms. The predicted molar refractivity (Wildman–Crippen MR) is 213 cm³/mol. The summed E-state index contributed by atoms with van der Waals surface area (Å²) in [5, 5.41) is 54.4. The van der Waals surface area contributed by atoms with Crippen molar-refractivity contribution >= 4 is 23.6 Å². The Kier molecular flexibility index (Phi) is 12.0. The quantitative estimate of drug-likeness (QED) is 0.0541. The lowest BCUT2D eigenvalue weighted by molar-refractivity contribution is -0.369. The standard InChI is InChI=1S/C43H68N4O14/c1-38(2)22-9-12-43(7)32(21(48)17-19-20-18-40(4,37(56)57-8)14-13-39(20,3)15-16-42(19,43)6)41(22,5)11-10-23(38)58-36-31(27(52)26(51)30(60-36)34(55)47-45)61-35-28(53)24(49)25(50)29(59-35)33(54)46-44/h17,20,22-32,35-36,49-53H,9-16,18,44-45H2,1-8H3,(H,46,54)(H,47,55). The minimum absolute atomic E-state index is 0.0276. The second-order valence-corrected chi connectivity index (χ2v) is 21.2. The first kappa shape index (κ1) is 46.4. The smallest absolute Gasteiger partial charge is 0.311 e. The monoisotopic (exact) mass is 864 g/mol. The number of ketones is 1. The fourth-order valence-electron chi connectivity index (χ4n) is 13.8. The Morgan fingerprint density at radius 2 is 1.33 bits per heavy atom. The third-order valence-electron chi connectivity index (χ3n) is 17.7. The molecule has 0 radical (unpaired) electrons. The van der Waals surface area contributed by atoms with Crippen molar-refractivity contribution in [1.82, 2.24) is 10.9 Å². The number of allylic oxidation sites excluding steroid dienone is 2. The van der Waals surface area contributed by atoms with E-state index in [2.05, 4.69) is 41.5 Å². The van der Waals surface area contributed by atoms with Gasteiger partial charge in [0, 0.05) is 5.92 Å². The van der Waals surface area contributed by atoms with Gasteiger partial charge in [-0.1, -0.05) is 47.1 Å². The molecule has 0 aromatic carbocycles. The molecule has 5 aliphatic carbocycles. The van der Waals surface area contributed by atoms with Crippen LogP contribution in [0.15, 0.2) is 11.6 Å². The number of aliphatic hydroxyl groups is 5. The van der Waals surface area contributed by atoms with Crippen LogP contribution in [0, 0.1) is 50.2 Å². The van der Waals surface area contributed by atoms with Crippen molar-refractivity contribution < 1.29 is 68.4 Å². The molecule has 2 saturated heterocycles. The first-order valence-electron chi connectivity index (χ1n) is 21.8. The SMILES string of the molecule is COC(=O)C1(C)CCC2(C)CCC3(C)C(=CC(=O)C4C5(C)CCC(OC6OC(C(=O)NN)C(O)C(O)C6OC6OC(C(=O)NN)C(O)C(O)C6O)C(C)(C)C5CCC43C)C2C1. The summed E-state index contributed by atoms with van der Waals surface area (Å²) in [6, 6.07) is 0. The Bertz CT molecular complexity index is 1800. The molecule has 2 heterocycles. The maximum atomic E-state index is 15.0. The van der Waals surface area contributed by atoms with Crippen molar-refractivity contribution in [2.75, 3.05) is 7.11 Å². The number of hydrogen-bond donors (Lipinski definition) is 9. The molecule has 19 unspecified atom stereocenters. The summed E-state index contributed by atoms with van der Waals surface area (Å²) in [6.07, 6.45) is -10.2. The van der Waals surface area contributed by atoms with Gasteiger partial charge in [0.15, 0.2) is 30.6 Å². The van der Waals surface area contributed by atoms with Crippen LogP contribution in [0.2, 0.25) is 0 Å². The molecule has 344 valence electrons. The zero-order valence-electron chi connectivity index (χ0n) is 36.6. The van der Waals surface area contributed by atoms with Crippen LogP contribution in [-0.2, 0) is 42.9 Å². The summed E-state index contributed by atoms with van der Waals surface area (Å²) >= 11 is 0. The van der Waals surface area contributed by atoms with E-state index in [4.69, 9.17) is 35.4 Å². The van der Waals surface area contributed by atoms with Crippen LogP contribution in [0.4, 0.5) is 0 Å². The fourth-order valence-corrected chi connectivity index (χ4v) is 13.8. The molecule has 18 nitrogen and oxygen atoms in total. The number of rotatable bonds is 7. The Hall–Kier alpha value is -2.62. The first-order chi connectivity index (χ1) is 28.4. The van der Waals surface area contributed by atoms with Gasteiger partial charge in [-0.15, -0.1) is 0 Å². The number of amides is 2. The summed E-state index contributed by atoms with van der Waals surface area (Å²) in [5.41, 5.74) is 2.47. The molecule has 18 heteroatoms. The molecule has 2 aliphatic heterocycles. The van der Waals surface area contributed by atoms with Crippen molar-refractivity contribution in [2.45, 2.75) is 174 Å². The van der Waals surface area contributed by atoms with E-state index >= 15 is 0 Å². The Morgan fingerprint density at radius 1 is 0.738 bits per heavy atom. The predicted octanol–water partition coefficient (Wildman–Crippen LogP) is 0.145. The molecule has 7 rings (SSSR count). The van der Waals surface area contributed by atoms with Gasteiger partial charge in [0.05, 0.1) is 18.6 Å². The van der Waals surface area contributed by atoms with Gasteiger partial charge in [-0.25, -0.2) is 11.7 Å². The number of carbonyl (C=O) groups is 4. The van der Waals surface area contributed by atoms with E-state index < -0.39 is 95.6 Å². The Balaban J connectivity index is 1.18. The van der Waals surface area contributed by atoms with E-state index in [1.165, 1.54) is 12.7 Å². The average Bonchev–Trinajstić information content (AvgIpc) is 3.21. The minimum atomic E-state index is -1.95. The van der Waals surface area contributed by atoms with Crippen LogP contribution in [0.25, 0.3) is 0 Å². The summed E-state index contributed by atoms with van der Waals surface area (Å²) in [7, 11) is 1.44. The van der Waals surface area contributed by atoms with E-state index in [1.807, 2.05) is 23.9 Å². The van der Waals surface area contributed by atoms with Gasteiger partial charge in [-0.2, -0.15) is 0 Å². The van der Waals surface area contributed by atoms with Crippen LogP contribution in [0.5, 0.6) is 0 Å². The highest BCUT2D eigenvalue weighted by atomic mass is 16.8. The Morgan fingerprint density at radius 3 is 1.93 bits per heavy atom. The number of esters is 1. The van der Waals surface area contributed by atoms with Gasteiger partial charge in [0.25, 0.3) is 11.8 Å². The number of hydrazine groups is 2. The van der Waals surface area contributed by atoms with Gasteiger partial charge in [0.1, 0.15) is 36.6 Å². The van der Waals surface area contributed by atoms with E-state index in [0.29, 0.717) is 19.3 Å². The van der Waals surface area contributed by atoms with E-state index in [9.17, 15) is 44.7 Å². The topological polar surface area (TPSA) is 292 Å². The van der Waals surface area contributed by atoms with Crippen molar-refractivity contribution in [1.29, 1.82) is 0 Å². The number of carbonyl (C=O) groups excluding carboxylic acids is 4. The molecule has 11 N–H and O–H groups in total. The summed E-state index contributed by atoms with van der Waals surface area (Å²) in [4.78, 5) is 53.3.